The summed E-state index contributed by atoms with van der Waals surface area (Å²) in [6.45, 7) is 3.73. The van der Waals surface area contributed by atoms with Crippen LogP contribution in [-0.4, -0.2) is 25.0 Å². The van der Waals surface area contributed by atoms with E-state index in [1.54, 1.807) is 12.1 Å². The number of rotatable bonds is 4. The van der Waals surface area contributed by atoms with Crippen molar-refractivity contribution in [1.29, 1.82) is 0 Å². The molecule has 0 saturated carbocycles. The minimum atomic E-state index is -0.0119. The van der Waals surface area contributed by atoms with Gasteiger partial charge in [0.2, 0.25) is 0 Å². The highest BCUT2D eigenvalue weighted by Gasteiger charge is 2.14. The lowest BCUT2D eigenvalue weighted by Crippen LogP contribution is -2.30. The molecule has 1 aliphatic rings. The summed E-state index contributed by atoms with van der Waals surface area (Å²) in [5.74, 6) is -0.0119. The Kier molecular flexibility index (Phi) is 6.63. The number of amides is 1. The molecule has 0 radical (unpaired) electrons. The zero-order valence-corrected chi connectivity index (χ0v) is 12.6. The fourth-order valence-corrected chi connectivity index (χ4v) is 2.57. The summed E-state index contributed by atoms with van der Waals surface area (Å²) in [6, 6.07) is 5.91. The first-order valence-electron chi connectivity index (χ1n) is 6.44. The van der Waals surface area contributed by atoms with Gasteiger partial charge < -0.3 is 10.6 Å². The minimum Gasteiger partial charge on any atom is -0.352 e. The fourth-order valence-electron chi connectivity index (χ4n) is 2.34. The van der Waals surface area contributed by atoms with Crippen LogP contribution in [0.4, 0.5) is 0 Å². The number of hydrogen-bond donors (Lipinski definition) is 2. The summed E-state index contributed by atoms with van der Waals surface area (Å²) in [7, 11) is 0. The van der Waals surface area contributed by atoms with Crippen molar-refractivity contribution >= 4 is 29.9 Å². The van der Waals surface area contributed by atoms with Crippen LogP contribution in [0.25, 0.3) is 0 Å². The topological polar surface area (TPSA) is 41.1 Å². The highest BCUT2D eigenvalue weighted by atomic mass is 35.5. The maximum Gasteiger partial charge on any atom is 0.251 e. The van der Waals surface area contributed by atoms with Crippen molar-refractivity contribution in [3.8, 4) is 0 Å². The molecule has 2 N–H and O–H groups in total. The lowest BCUT2D eigenvalue weighted by atomic mass is 10.1. The van der Waals surface area contributed by atoms with E-state index in [1.807, 2.05) is 13.0 Å². The Hall–Kier alpha value is -0.770. The van der Waals surface area contributed by atoms with E-state index in [2.05, 4.69) is 10.6 Å². The molecule has 1 aromatic carbocycles. The lowest BCUT2D eigenvalue weighted by molar-refractivity contribution is 0.0951. The van der Waals surface area contributed by atoms with Crippen LogP contribution in [0.2, 0.25) is 5.02 Å². The van der Waals surface area contributed by atoms with Crippen LogP contribution in [0.15, 0.2) is 18.2 Å². The molecule has 0 spiro atoms. The Morgan fingerprint density at radius 2 is 2.32 bits per heavy atom. The highest BCUT2D eigenvalue weighted by Crippen LogP contribution is 2.15. The second kappa shape index (κ2) is 7.73. The Labute approximate surface area is 125 Å². The van der Waals surface area contributed by atoms with E-state index in [-0.39, 0.29) is 18.3 Å². The molecule has 1 aromatic rings. The molecule has 106 valence electrons. The van der Waals surface area contributed by atoms with Gasteiger partial charge in [-0.1, -0.05) is 11.6 Å². The number of carbonyl (C=O) groups excluding carboxylic acids is 1. The summed E-state index contributed by atoms with van der Waals surface area (Å²) in [4.78, 5) is 12.0. The standard InChI is InChI=1S/C14H19ClN2O.ClH/c1-10-9-11(15)4-5-13(10)14(18)17-8-6-12-3-2-7-16-12;/h4-5,9,12,16H,2-3,6-8H2,1H3,(H,17,18);1H/t12-;/m1./s1. The predicted molar refractivity (Wildman–Crippen MR) is 81.4 cm³/mol. The molecule has 1 aliphatic heterocycles. The number of nitrogens with one attached hydrogen (secondary N) is 2. The van der Waals surface area contributed by atoms with E-state index in [9.17, 15) is 4.79 Å². The zero-order valence-electron chi connectivity index (χ0n) is 11.0. The average molecular weight is 303 g/mol. The van der Waals surface area contributed by atoms with Crippen LogP contribution in [0.1, 0.15) is 35.2 Å². The average Bonchev–Trinajstić information content (AvgIpc) is 2.81. The monoisotopic (exact) mass is 302 g/mol. The van der Waals surface area contributed by atoms with Crippen LogP contribution in [0.3, 0.4) is 0 Å². The van der Waals surface area contributed by atoms with Gasteiger partial charge in [-0.05, 0) is 56.5 Å². The smallest absolute Gasteiger partial charge is 0.251 e. The van der Waals surface area contributed by atoms with Gasteiger partial charge >= 0.3 is 0 Å². The molecule has 1 heterocycles. The highest BCUT2D eigenvalue weighted by molar-refractivity contribution is 6.30. The molecule has 1 fully saturated rings. The maximum atomic E-state index is 12.0. The van der Waals surface area contributed by atoms with Gasteiger partial charge in [-0.2, -0.15) is 0 Å². The van der Waals surface area contributed by atoms with Crippen molar-refractivity contribution in [2.45, 2.75) is 32.2 Å². The van der Waals surface area contributed by atoms with Crippen LogP contribution >= 0.6 is 24.0 Å². The second-order valence-corrected chi connectivity index (χ2v) is 5.23. The third-order valence-corrected chi connectivity index (χ3v) is 3.61. The lowest BCUT2D eigenvalue weighted by Gasteiger charge is -2.11. The molecule has 19 heavy (non-hydrogen) atoms. The van der Waals surface area contributed by atoms with Gasteiger partial charge in [0.25, 0.3) is 5.91 Å². The third-order valence-electron chi connectivity index (χ3n) is 3.37. The van der Waals surface area contributed by atoms with E-state index < -0.39 is 0 Å². The Morgan fingerprint density at radius 1 is 1.53 bits per heavy atom. The molecular weight excluding hydrogens is 283 g/mol. The zero-order chi connectivity index (χ0) is 13.0. The normalized spacial score (nSPS) is 17.9. The molecular formula is C14H20Cl2N2O. The summed E-state index contributed by atoms with van der Waals surface area (Å²) >= 11 is 5.87. The van der Waals surface area contributed by atoms with Gasteiger partial charge in [-0.25, -0.2) is 0 Å². The number of carbonyl (C=O) groups is 1. The minimum absolute atomic E-state index is 0. The van der Waals surface area contributed by atoms with Crippen molar-refractivity contribution in [2.75, 3.05) is 13.1 Å². The molecule has 1 saturated heterocycles. The van der Waals surface area contributed by atoms with E-state index >= 15 is 0 Å². The predicted octanol–water partition coefficient (Wildman–Crippen LogP) is 2.94. The largest absolute Gasteiger partial charge is 0.352 e. The molecule has 1 atom stereocenters. The first-order valence-corrected chi connectivity index (χ1v) is 6.82. The Morgan fingerprint density at radius 3 is 2.95 bits per heavy atom. The number of aryl methyl sites for hydroxylation is 1. The van der Waals surface area contributed by atoms with Crippen LogP contribution in [-0.2, 0) is 0 Å². The number of halogens is 2. The Bertz CT molecular complexity index is 431. The van der Waals surface area contributed by atoms with Crippen molar-refractivity contribution < 1.29 is 4.79 Å². The molecule has 0 aliphatic carbocycles. The van der Waals surface area contributed by atoms with Gasteiger partial charge in [-0.15, -0.1) is 12.4 Å². The first kappa shape index (κ1) is 16.3. The van der Waals surface area contributed by atoms with E-state index in [1.165, 1.54) is 12.8 Å². The van der Waals surface area contributed by atoms with Crippen LogP contribution in [0.5, 0.6) is 0 Å². The SMILES string of the molecule is Cc1cc(Cl)ccc1C(=O)NCC[C@H]1CCCN1.Cl. The Balaban J connectivity index is 0.00000180. The summed E-state index contributed by atoms with van der Waals surface area (Å²) < 4.78 is 0. The van der Waals surface area contributed by atoms with Crippen LogP contribution < -0.4 is 10.6 Å². The summed E-state index contributed by atoms with van der Waals surface area (Å²) in [6.07, 6.45) is 3.46. The van der Waals surface area contributed by atoms with Gasteiger partial charge in [0, 0.05) is 23.2 Å². The third kappa shape index (κ3) is 4.68. The summed E-state index contributed by atoms with van der Waals surface area (Å²) in [5, 5.41) is 7.05. The van der Waals surface area contributed by atoms with Gasteiger partial charge in [0.1, 0.15) is 0 Å². The molecule has 2 rings (SSSR count). The second-order valence-electron chi connectivity index (χ2n) is 4.80. The quantitative estimate of drug-likeness (QED) is 0.898. The maximum absolute atomic E-state index is 12.0. The number of hydrogen-bond acceptors (Lipinski definition) is 2. The molecule has 0 unspecified atom stereocenters. The first-order chi connectivity index (χ1) is 8.66. The number of benzene rings is 1. The molecule has 0 bridgehead atoms. The molecule has 0 aromatic heterocycles. The van der Waals surface area contributed by atoms with Crippen molar-refractivity contribution in [1.82, 2.24) is 10.6 Å². The van der Waals surface area contributed by atoms with Crippen molar-refractivity contribution in [3.63, 3.8) is 0 Å². The van der Waals surface area contributed by atoms with E-state index in [0.717, 1.165) is 25.1 Å². The molecule has 3 nitrogen and oxygen atoms in total. The fraction of sp³-hybridized carbons (Fsp3) is 0.500. The van der Waals surface area contributed by atoms with Gasteiger partial charge in [0.15, 0.2) is 0 Å². The van der Waals surface area contributed by atoms with E-state index in [0.29, 0.717) is 16.6 Å². The summed E-state index contributed by atoms with van der Waals surface area (Å²) in [5.41, 5.74) is 1.62. The van der Waals surface area contributed by atoms with Gasteiger partial charge in [-0.3, -0.25) is 4.79 Å². The molecule has 5 heteroatoms. The van der Waals surface area contributed by atoms with Crippen molar-refractivity contribution in [2.24, 2.45) is 0 Å². The van der Waals surface area contributed by atoms with Gasteiger partial charge in [0.05, 0.1) is 0 Å². The van der Waals surface area contributed by atoms with Crippen molar-refractivity contribution in [3.05, 3.63) is 34.3 Å². The van der Waals surface area contributed by atoms with E-state index in [4.69, 9.17) is 11.6 Å². The molecule has 1 amide bonds. The van der Waals surface area contributed by atoms with Crippen LogP contribution in [0, 0.1) is 6.92 Å².